The van der Waals surface area contributed by atoms with Gasteiger partial charge in [0.1, 0.15) is 5.75 Å². The number of Topliss-reactive ketones (excluding diaryl/α,β-unsaturated/α-hetero) is 1. The minimum absolute atomic E-state index is 0.0590. The van der Waals surface area contributed by atoms with Crippen molar-refractivity contribution in [2.75, 3.05) is 11.9 Å². The summed E-state index contributed by atoms with van der Waals surface area (Å²) < 4.78 is 7.27. The zero-order valence-corrected chi connectivity index (χ0v) is 13.4. The number of amides is 1. The number of hydrogen-bond donors (Lipinski definition) is 1. The molecule has 0 radical (unpaired) electrons. The van der Waals surface area contributed by atoms with E-state index in [1.807, 2.05) is 30.7 Å². The lowest BCUT2D eigenvalue weighted by atomic mass is 9.93. The fourth-order valence-corrected chi connectivity index (χ4v) is 2.99. The Morgan fingerprint density at radius 3 is 2.70 bits per heavy atom. The summed E-state index contributed by atoms with van der Waals surface area (Å²) >= 11 is 0. The molecule has 2 aromatic rings. The Bertz CT molecular complexity index is 744. The van der Waals surface area contributed by atoms with E-state index in [2.05, 4.69) is 5.32 Å². The topological polar surface area (TPSA) is 60.3 Å². The second kappa shape index (κ2) is 6.28. The summed E-state index contributed by atoms with van der Waals surface area (Å²) in [5.41, 5.74) is 2.68. The second-order valence-corrected chi connectivity index (χ2v) is 5.66. The van der Waals surface area contributed by atoms with Gasteiger partial charge in [-0.3, -0.25) is 9.59 Å². The van der Waals surface area contributed by atoms with Gasteiger partial charge >= 0.3 is 0 Å². The molecule has 1 aliphatic rings. The molecule has 5 heteroatoms. The van der Waals surface area contributed by atoms with Crippen molar-refractivity contribution >= 4 is 17.4 Å². The van der Waals surface area contributed by atoms with Crippen LogP contribution < -0.4 is 10.1 Å². The van der Waals surface area contributed by atoms with Gasteiger partial charge in [0, 0.05) is 31.0 Å². The molecule has 1 aromatic carbocycles. The average Bonchev–Trinajstić information content (AvgIpc) is 2.88. The number of benzene rings is 1. The third kappa shape index (κ3) is 2.99. The molecule has 120 valence electrons. The normalized spacial score (nSPS) is 13.6. The van der Waals surface area contributed by atoms with Crippen LogP contribution in [0.1, 0.15) is 46.2 Å². The number of ketones is 1. The third-order valence-electron chi connectivity index (χ3n) is 4.07. The molecule has 1 heterocycles. The maximum Gasteiger partial charge on any atom is 0.257 e. The first kappa shape index (κ1) is 15.3. The molecule has 0 saturated carbocycles. The molecule has 0 saturated heterocycles. The van der Waals surface area contributed by atoms with E-state index in [4.69, 9.17) is 4.74 Å². The number of nitrogens with zero attached hydrogens (tertiary/aromatic N) is 1. The van der Waals surface area contributed by atoms with Gasteiger partial charge in [0.25, 0.3) is 5.91 Å². The monoisotopic (exact) mass is 312 g/mol. The van der Waals surface area contributed by atoms with Crippen LogP contribution in [0.25, 0.3) is 0 Å². The van der Waals surface area contributed by atoms with Gasteiger partial charge in [-0.2, -0.15) is 0 Å². The van der Waals surface area contributed by atoms with E-state index in [1.54, 1.807) is 18.3 Å². The van der Waals surface area contributed by atoms with Crippen molar-refractivity contribution < 1.29 is 14.3 Å². The second-order valence-electron chi connectivity index (χ2n) is 5.66. The Morgan fingerprint density at radius 2 is 2.00 bits per heavy atom. The van der Waals surface area contributed by atoms with Crippen molar-refractivity contribution in [1.82, 2.24) is 4.57 Å². The summed E-state index contributed by atoms with van der Waals surface area (Å²) in [7, 11) is 1.88. The number of carbonyl (C=O) groups is 2. The van der Waals surface area contributed by atoms with Gasteiger partial charge in [-0.1, -0.05) is 0 Å². The number of hydrogen-bond acceptors (Lipinski definition) is 3. The first-order valence-corrected chi connectivity index (χ1v) is 7.85. The molecular formula is C18H20N2O3. The van der Waals surface area contributed by atoms with E-state index >= 15 is 0 Å². The van der Waals surface area contributed by atoms with Crippen LogP contribution in [-0.4, -0.2) is 22.9 Å². The van der Waals surface area contributed by atoms with Crippen LogP contribution in [0.5, 0.6) is 5.75 Å². The van der Waals surface area contributed by atoms with Crippen molar-refractivity contribution in [2.24, 2.45) is 7.05 Å². The SMILES string of the molecule is CCOc1ccc(NC(=O)c2cn(C)c3c2C(=O)CCC3)cc1. The van der Waals surface area contributed by atoms with E-state index in [0.717, 1.165) is 24.3 Å². The highest BCUT2D eigenvalue weighted by atomic mass is 16.5. The van der Waals surface area contributed by atoms with Crippen LogP contribution in [0.4, 0.5) is 5.69 Å². The molecule has 3 rings (SSSR count). The highest BCUT2D eigenvalue weighted by molar-refractivity contribution is 6.13. The van der Waals surface area contributed by atoms with Gasteiger partial charge in [-0.15, -0.1) is 0 Å². The Labute approximate surface area is 135 Å². The molecule has 0 fully saturated rings. The number of rotatable bonds is 4. The van der Waals surface area contributed by atoms with Gasteiger partial charge in [0.2, 0.25) is 0 Å². The largest absolute Gasteiger partial charge is 0.494 e. The summed E-state index contributed by atoms with van der Waals surface area (Å²) in [5.74, 6) is 0.572. The molecule has 0 atom stereocenters. The summed E-state index contributed by atoms with van der Waals surface area (Å²) in [6.07, 6.45) is 3.95. The molecule has 1 aliphatic carbocycles. The minimum atomic E-state index is -0.249. The van der Waals surface area contributed by atoms with E-state index in [9.17, 15) is 9.59 Å². The predicted octanol–water partition coefficient (Wildman–Crippen LogP) is 3.20. The molecule has 0 bridgehead atoms. The summed E-state index contributed by atoms with van der Waals surface area (Å²) in [6.45, 7) is 2.52. The van der Waals surface area contributed by atoms with Gasteiger partial charge in [-0.05, 0) is 44.0 Å². The Kier molecular flexibility index (Phi) is 4.19. The van der Waals surface area contributed by atoms with Gasteiger partial charge in [0.05, 0.1) is 17.7 Å². The highest BCUT2D eigenvalue weighted by Gasteiger charge is 2.27. The fraction of sp³-hybridized carbons (Fsp3) is 0.333. The molecule has 5 nitrogen and oxygen atoms in total. The highest BCUT2D eigenvalue weighted by Crippen LogP contribution is 2.27. The molecule has 1 aromatic heterocycles. The summed E-state index contributed by atoms with van der Waals surface area (Å²) in [5, 5.41) is 2.85. The zero-order valence-electron chi connectivity index (χ0n) is 13.4. The molecule has 23 heavy (non-hydrogen) atoms. The molecule has 0 unspecified atom stereocenters. The lowest BCUT2D eigenvalue weighted by molar-refractivity contribution is 0.0956. The number of ether oxygens (including phenoxy) is 1. The summed E-state index contributed by atoms with van der Waals surface area (Å²) in [4.78, 5) is 24.7. The number of aryl methyl sites for hydroxylation is 1. The average molecular weight is 312 g/mol. The zero-order chi connectivity index (χ0) is 16.4. The van der Waals surface area contributed by atoms with Crippen LogP contribution in [-0.2, 0) is 13.5 Å². The molecule has 1 amide bonds. The van der Waals surface area contributed by atoms with Crippen LogP contribution in [0, 0.1) is 0 Å². The quantitative estimate of drug-likeness (QED) is 0.943. The maximum absolute atomic E-state index is 12.5. The lowest BCUT2D eigenvalue weighted by Gasteiger charge is -2.13. The Balaban J connectivity index is 1.82. The molecule has 0 spiro atoms. The molecular weight excluding hydrogens is 292 g/mol. The van der Waals surface area contributed by atoms with Gasteiger partial charge in [0.15, 0.2) is 5.78 Å². The maximum atomic E-state index is 12.5. The first-order valence-electron chi connectivity index (χ1n) is 7.85. The van der Waals surface area contributed by atoms with Crippen molar-refractivity contribution in [3.8, 4) is 5.75 Å². The van der Waals surface area contributed by atoms with Gasteiger partial charge in [-0.25, -0.2) is 0 Å². The number of aromatic nitrogens is 1. The summed E-state index contributed by atoms with van der Waals surface area (Å²) in [6, 6.07) is 7.20. The van der Waals surface area contributed by atoms with Crippen molar-refractivity contribution in [3.63, 3.8) is 0 Å². The molecule has 0 aliphatic heterocycles. The number of nitrogens with one attached hydrogen (secondary N) is 1. The minimum Gasteiger partial charge on any atom is -0.494 e. The Morgan fingerprint density at radius 1 is 1.26 bits per heavy atom. The van der Waals surface area contributed by atoms with E-state index < -0.39 is 0 Å². The van der Waals surface area contributed by atoms with Crippen LogP contribution in [0.2, 0.25) is 0 Å². The van der Waals surface area contributed by atoms with Crippen LogP contribution in [0.3, 0.4) is 0 Å². The number of fused-ring (bicyclic) bond motifs is 1. The van der Waals surface area contributed by atoms with E-state index in [1.165, 1.54) is 0 Å². The van der Waals surface area contributed by atoms with Crippen molar-refractivity contribution in [3.05, 3.63) is 47.3 Å². The van der Waals surface area contributed by atoms with E-state index in [-0.39, 0.29) is 11.7 Å². The van der Waals surface area contributed by atoms with Crippen LogP contribution >= 0.6 is 0 Å². The lowest BCUT2D eigenvalue weighted by Crippen LogP contribution is -2.18. The third-order valence-corrected chi connectivity index (χ3v) is 4.07. The molecule has 1 N–H and O–H groups in total. The van der Waals surface area contributed by atoms with Crippen molar-refractivity contribution in [2.45, 2.75) is 26.2 Å². The first-order chi connectivity index (χ1) is 11.1. The Hall–Kier alpha value is -2.56. The van der Waals surface area contributed by atoms with Crippen molar-refractivity contribution in [1.29, 1.82) is 0 Å². The van der Waals surface area contributed by atoms with Crippen LogP contribution in [0.15, 0.2) is 30.5 Å². The standard InChI is InChI=1S/C18H20N2O3/c1-3-23-13-9-7-12(8-10-13)19-18(22)14-11-20(2)15-5-4-6-16(21)17(14)15/h7-11H,3-6H2,1-2H3,(H,19,22). The van der Waals surface area contributed by atoms with Gasteiger partial charge < -0.3 is 14.6 Å². The smallest absolute Gasteiger partial charge is 0.257 e. The fourth-order valence-electron chi connectivity index (χ4n) is 2.99. The predicted molar refractivity (Wildman–Crippen MR) is 88.2 cm³/mol. The number of carbonyl (C=O) groups excluding carboxylic acids is 2. The number of anilines is 1. The van der Waals surface area contributed by atoms with E-state index in [0.29, 0.717) is 29.8 Å².